The Hall–Kier alpha value is -1.22. The molecule has 1 aliphatic carbocycles. The van der Waals surface area contributed by atoms with Crippen molar-refractivity contribution < 1.29 is 0 Å². The van der Waals surface area contributed by atoms with Crippen molar-refractivity contribution in [3.8, 4) is 0 Å². The molecule has 0 N–H and O–H groups in total. The molecule has 0 aromatic carbocycles. The lowest BCUT2D eigenvalue weighted by molar-refractivity contribution is 0.347. The highest BCUT2D eigenvalue weighted by Crippen LogP contribution is 2.40. The standard InChI is InChI=1S/C11H13N3/c1-14-6-8-2-10(14)3-11(8)9-4-12-7-13-5-9/h3-5,7-8,10H,2,6H2,1H3/t8-,10-/m1/s1. The molecule has 1 saturated heterocycles. The maximum atomic E-state index is 4.07. The summed E-state index contributed by atoms with van der Waals surface area (Å²) < 4.78 is 0. The molecular weight excluding hydrogens is 174 g/mol. The van der Waals surface area contributed by atoms with Gasteiger partial charge in [-0.15, -0.1) is 0 Å². The van der Waals surface area contributed by atoms with Gasteiger partial charge >= 0.3 is 0 Å². The Morgan fingerprint density at radius 1 is 1.36 bits per heavy atom. The van der Waals surface area contributed by atoms with Gasteiger partial charge in [0.05, 0.1) is 0 Å². The maximum absolute atomic E-state index is 4.07. The fourth-order valence-electron chi connectivity index (χ4n) is 2.57. The molecule has 1 aromatic rings. The van der Waals surface area contributed by atoms with Gasteiger partial charge in [0, 0.05) is 30.5 Å². The molecule has 72 valence electrons. The lowest BCUT2D eigenvalue weighted by Gasteiger charge is -2.21. The summed E-state index contributed by atoms with van der Waals surface area (Å²) >= 11 is 0. The number of likely N-dealkylation sites (N-methyl/N-ethyl adjacent to an activating group) is 1. The lowest BCUT2D eigenvalue weighted by Crippen LogP contribution is -2.25. The second-order valence-electron chi connectivity index (χ2n) is 4.19. The van der Waals surface area contributed by atoms with E-state index in [0.29, 0.717) is 12.0 Å². The predicted octanol–water partition coefficient (Wildman–Crippen LogP) is 1.19. The quantitative estimate of drug-likeness (QED) is 0.661. The molecule has 2 heterocycles. The minimum atomic E-state index is 0.648. The Morgan fingerprint density at radius 2 is 2.14 bits per heavy atom. The normalized spacial score (nSPS) is 30.8. The van der Waals surface area contributed by atoms with Crippen molar-refractivity contribution in [2.24, 2.45) is 5.92 Å². The van der Waals surface area contributed by atoms with Gasteiger partial charge in [0.25, 0.3) is 0 Å². The van der Waals surface area contributed by atoms with Crippen LogP contribution in [-0.2, 0) is 0 Å². The van der Waals surface area contributed by atoms with E-state index in [0.717, 1.165) is 0 Å². The van der Waals surface area contributed by atoms with Gasteiger partial charge < -0.3 is 0 Å². The summed E-state index contributed by atoms with van der Waals surface area (Å²) in [5, 5.41) is 0. The smallest absolute Gasteiger partial charge is 0.115 e. The fraction of sp³-hybridized carbons (Fsp3) is 0.455. The molecule has 0 amide bonds. The third kappa shape index (κ3) is 1.09. The average molecular weight is 187 g/mol. The van der Waals surface area contributed by atoms with E-state index in [1.165, 1.54) is 24.1 Å². The number of hydrogen-bond donors (Lipinski definition) is 0. The van der Waals surface area contributed by atoms with Crippen LogP contribution in [0.5, 0.6) is 0 Å². The zero-order valence-electron chi connectivity index (χ0n) is 8.22. The average Bonchev–Trinajstić information content (AvgIpc) is 2.77. The van der Waals surface area contributed by atoms with E-state index in [4.69, 9.17) is 0 Å². The lowest BCUT2D eigenvalue weighted by atomic mass is 9.98. The zero-order chi connectivity index (χ0) is 9.54. The van der Waals surface area contributed by atoms with Crippen LogP contribution in [0, 0.1) is 5.92 Å². The van der Waals surface area contributed by atoms with Crippen molar-refractivity contribution in [1.29, 1.82) is 0 Å². The van der Waals surface area contributed by atoms with Gasteiger partial charge in [-0.05, 0) is 25.0 Å². The van der Waals surface area contributed by atoms with E-state index >= 15 is 0 Å². The highest BCUT2D eigenvalue weighted by atomic mass is 15.2. The van der Waals surface area contributed by atoms with E-state index in [9.17, 15) is 0 Å². The van der Waals surface area contributed by atoms with E-state index in [1.54, 1.807) is 6.33 Å². The summed E-state index contributed by atoms with van der Waals surface area (Å²) in [6, 6.07) is 0.648. The first-order chi connectivity index (χ1) is 6.84. The molecular formula is C11H13N3. The summed E-state index contributed by atoms with van der Waals surface area (Å²) in [5.74, 6) is 0.705. The van der Waals surface area contributed by atoms with Gasteiger partial charge in [0.15, 0.2) is 0 Å². The third-order valence-electron chi connectivity index (χ3n) is 3.31. The molecule has 14 heavy (non-hydrogen) atoms. The predicted molar refractivity (Wildman–Crippen MR) is 54.5 cm³/mol. The maximum Gasteiger partial charge on any atom is 0.115 e. The van der Waals surface area contributed by atoms with Crippen LogP contribution >= 0.6 is 0 Å². The number of fused-ring (bicyclic) bond motifs is 2. The monoisotopic (exact) mass is 187 g/mol. The molecule has 2 atom stereocenters. The highest BCUT2D eigenvalue weighted by Gasteiger charge is 2.36. The Labute approximate surface area is 83.5 Å². The molecule has 2 bridgehead atoms. The molecule has 0 radical (unpaired) electrons. The Kier molecular flexibility index (Phi) is 1.67. The SMILES string of the molecule is CN1C[C@H]2C[C@@H]1C=C2c1cncnc1. The number of rotatable bonds is 1. The van der Waals surface area contributed by atoms with Crippen LogP contribution in [0.25, 0.3) is 5.57 Å². The first-order valence-electron chi connectivity index (χ1n) is 5.02. The number of hydrogen-bond acceptors (Lipinski definition) is 3. The molecule has 2 aliphatic rings. The van der Waals surface area contributed by atoms with Gasteiger partial charge in [-0.3, -0.25) is 4.90 Å². The van der Waals surface area contributed by atoms with Crippen LogP contribution in [0.1, 0.15) is 12.0 Å². The molecule has 0 spiro atoms. The first kappa shape index (κ1) is 8.12. The van der Waals surface area contributed by atoms with Crippen molar-refractivity contribution in [1.82, 2.24) is 14.9 Å². The van der Waals surface area contributed by atoms with Gasteiger partial charge in [0.2, 0.25) is 0 Å². The second-order valence-corrected chi connectivity index (χ2v) is 4.19. The molecule has 3 rings (SSSR count). The van der Waals surface area contributed by atoms with Crippen LogP contribution in [-0.4, -0.2) is 34.5 Å². The van der Waals surface area contributed by atoms with Crippen molar-refractivity contribution in [2.45, 2.75) is 12.5 Å². The number of aromatic nitrogens is 2. The Balaban J connectivity index is 1.96. The van der Waals surface area contributed by atoms with Gasteiger partial charge in [0.1, 0.15) is 6.33 Å². The van der Waals surface area contributed by atoms with Crippen LogP contribution in [0.15, 0.2) is 24.8 Å². The van der Waals surface area contributed by atoms with Gasteiger partial charge in [-0.25, -0.2) is 9.97 Å². The van der Waals surface area contributed by atoms with Crippen molar-refractivity contribution in [3.05, 3.63) is 30.4 Å². The summed E-state index contributed by atoms with van der Waals surface area (Å²) in [6.45, 7) is 1.19. The van der Waals surface area contributed by atoms with E-state index in [1.807, 2.05) is 12.4 Å². The summed E-state index contributed by atoms with van der Waals surface area (Å²) in [6.07, 6.45) is 9.07. The van der Waals surface area contributed by atoms with Crippen molar-refractivity contribution in [3.63, 3.8) is 0 Å². The van der Waals surface area contributed by atoms with Crippen LogP contribution in [0.4, 0.5) is 0 Å². The Morgan fingerprint density at radius 3 is 2.71 bits per heavy atom. The fourth-order valence-corrected chi connectivity index (χ4v) is 2.57. The van der Waals surface area contributed by atoms with Crippen LogP contribution in [0.2, 0.25) is 0 Å². The van der Waals surface area contributed by atoms with Gasteiger partial charge in [-0.1, -0.05) is 6.08 Å². The van der Waals surface area contributed by atoms with Crippen molar-refractivity contribution in [2.75, 3.05) is 13.6 Å². The number of likely N-dealkylation sites (tertiary alicyclic amines) is 1. The minimum absolute atomic E-state index is 0.648. The summed E-state index contributed by atoms with van der Waals surface area (Å²) in [7, 11) is 2.19. The second kappa shape index (κ2) is 2.89. The molecule has 0 unspecified atom stereocenters. The molecule has 3 nitrogen and oxygen atoms in total. The third-order valence-corrected chi connectivity index (χ3v) is 3.31. The molecule has 3 heteroatoms. The van der Waals surface area contributed by atoms with Crippen LogP contribution in [0.3, 0.4) is 0 Å². The zero-order valence-corrected chi connectivity index (χ0v) is 8.22. The van der Waals surface area contributed by atoms with Crippen LogP contribution < -0.4 is 0 Å². The van der Waals surface area contributed by atoms with E-state index in [2.05, 4.69) is 28.0 Å². The summed E-state index contributed by atoms with van der Waals surface area (Å²) in [4.78, 5) is 10.5. The van der Waals surface area contributed by atoms with Crippen molar-refractivity contribution >= 4 is 5.57 Å². The Bertz CT molecular complexity index is 371. The van der Waals surface area contributed by atoms with E-state index in [-0.39, 0.29) is 0 Å². The minimum Gasteiger partial charge on any atom is -0.299 e. The molecule has 0 saturated carbocycles. The summed E-state index contributed by atoms with van der Waals surface area (Å²) in [5.41, 5.74) is 2.65. The first-order valence-corrected chi connectivity index (χ1v) is 5.02. The number of nitrogens with zero attached hydrogens (tertiary/aromatic N) is 3. The molecule has 1 aliphatic heterocycles. The highest BCUT2D eigenvalue weighted by molar-refractivity contribution is 5.70. The largest absolute Gasteiger partial charge is 0.299 e. The topological polar surface area (TPSA) is 29.0 Å². The molecule has 1 fully saturated rings. The molecule has 1 aromatic heterocycles. The van der Waals surface area contributed by atoms with E-state index < -0.39 is 0 Å². The van der Waals surface area contributed by atoms with Gasteiger partial charge in [-0.2, -0.15) is 0 Å².